The molecule has 0 fully saturated rings. The Balaban J connectivity index is 0.000000283. The van der Waals surface area contributed by atoms with Crippen molar-refractivity contribution in [2.24, 2.45) is 0 Å². The van der Waals surface area contributed by atoms with E-state index in [0.717, 1.165) is 49.9 Å². The topological polar surface area (TPSA) is 71.1 Å². The normalized spacial score (nSPS) is 10.2. The van der Waals surface area contributed by atoms with Gasteiger partial charge in [-0.2, -0.15) is 0 Å². The smallest absolute Gasteiger partial charge is 0.344 e. The molecule has 0 aliphatic rings. The number of carbonyl (C=O) groups is 2. The summed E-state index contributed by atoms with van der Waals surface area (Å²) in [6.07, 6.45) is 0. The maximum atomic E-state index is 11.3. The molecule has 4 rings (SSSR count). The summed E-state index contributed by atoms with van der Waals surface area (Å²) in [5, 5.41) is 0.894. The van der Waals surface area contributed by atoms with E-state index < -0.39 is 0 Å². The van der Waals surface area contributed by atoms with E-state index in [0.29, 0.717) is 24.7 Å². The second-order valence-electron chi connectivity index (χ2n) is 10.0. The van der Waals surface area contributed by atoms with Crippen molar-refractivity contribution in [2.45, 2.75) is 48.6 Å². The number of benzene rings is 4. The van der Waals surface area contributed by atoms with E-state index in [1.807, 2.05) is 50.2 Å². The first-order valence-corrected chi connectivity index (χ1v) is 20.6. The molecule has 0 unspecified atom stereocenters. The third kappa shape index (κ3) is 18.0. The van der Waals surface area contributed by atoms with Crippen LogP contribution >= 0.6 is 104 Å². The fourth-order valence-electron chi connectivity index (χ4n) is 3.90. The van der Waals surface area contributed by atoms with Gasteiger partial charge in [-0.1, -0.05) is 79.6 Å². The highest BCUT2D eigenvalue weighted by atomic mass is 79.9. The Labute approximate surface area is 340 Å². The van der Waals surface area contributed by atoms with E-state index >= 15 is 0 Å². The zero-order chi connectivity index (χ0) is 36.3. The molecule has 0 N–H and O–H groups in total. The minimum absolute atomic E-state index is 0.0550. The summed E-state index contributed by atoms with van der Waals surface area (Å²) in [6.45, 7) is 8.03. The maximum Gasteiger partial charge on any atom is 0.344 e. The number of halogens is 5. The molecule has 6 nitrogen and oxygen atoms in total. The Hall–Kier alpha value is -1.48. The molecule has 0 aliphatic carbocycles. The molecular weight excluding hydrogens is 992 g/mol. The van der Waals surface area contributed by atoms with Gasteiger partial charge in [0.1, 0.15) is 11.5 Å². The van der Waals surface area contributed by atoms with Crippen LogP contribution in [0.4, 0.5) is 0 Å². The summed E-state index contributed by atoms with van der Waals surface area (Å²) in [5.41, 5.74) is 4.45. The van der Waals surface area contributed by atoms with Crippen molar-refractivity contribution in [3.63, 3.8) is 0 Å². The Morgan fingerprint density at radius 2 is 1.10 bits per heavy atom. The van der Waals surface area contributed by atoms with Crippen LogP contribution in [-0.2, 0) is 30.1 Å². The summed E-state index contributed by atoms with van der Waals surface area (Å²) in [5.74, 6) is 1.56. The third-order valence-corrected chi connectivity index (χ3v) is 9.83. The highest BCUT2D eigenvalue weighted by Gasteiger charge is 2.08. The van der Waals surface area contributed by atoms with Crippen LogP contribution in [0, 0.1) is 13.8 Å². The average Bonchev–Trinajstić information content (AvgIpc) is 3.03. The van der Waals surface area contributed by atoms with Gasteiger partial charge in [-0.25, -0.2) is 9.59 Å². The van der Waals surface area contributed by atoms with Gasteiger partial charge in [-0.05, 0) is 123 Å². The van der Waals surface area contributed by atoms with Gasteiger partial charge >= 0.3 is 11.9 Å². The molecule has 0 aromatic heterocycles. The number of esters is 2. The fraction of sp³-hybridized carbons (Fsp3) is 0.278. The predicted molar refractivity (Wildman–Crippen MR) is 220 cm³/mol. The van der Waals surface area contributed by atoms with E-state index in [1.165, 1.54) is 11.1 Å². The van der Waals surface area contributed by atoms with Gasteiger partial charge in [0, 0.05) is 38.8 Å². The largest absolute Gasteiger partial charge is 0.482 e. The third-order valence-electron chi connectivity index (χ3n) is 6.01. The number of thiol groups is 1. The summed E-state index contributed by atoms with van der Waals surface area (Å²) in [4.78, 5) is 24.4. The molecule has 0 radical (unpaired) electrons. The van der Waals surface area contributed by atoms with Crippen LogP contribution in [-0.4, -0.2) is 38.4 Å². The van der Waals surface area contributed by atoms with Crippen molar-refractivity contribution >= 4 is 116 Å². The van der Waals surface area contributed by atoms with E-state index in [1.54, 1.807) is 31.7 Å². The lowest BCUT2D eigenvalue weighted by Gasteiger charge is -2.10. The van der Waals surface area contributed by atoms with Gasteiger partial charge in [0.05, 0.1) is 13.2 Å². The second kappa shape index (κ2) is 23.9. The minimum Gasteiger partial charge on any atom is -0.482 e. The summed E-state index contributed by atoms with van der Waals surface area (Å²) in [6, 6.07) is 23.9. The first-order valence-electron chi connectivity index (χ1n) is 14.9. The molecule has 0 spiro atoms. The SMILES string of the molecule is BrCc1cc(Br)cc(Br)c1.CCOC(=O)COc1ccc(S)cc1C.CCOC(=O)COc1ccc(SCc2cc(Br)cc(Br)c2)cc1C. The van der Waals surface area contributed by atoms with Crippen LogP contribution in [0.5, 0.6) is 11.5 Å². The van der Waals surface area contributed by atoms with Crippen molar-refractivity contribution in [3.05, 3.63) is 113 Å². The standard InChI is InChI=1S/C18H18Br2O3S.C11H14O3S.C7H5Br3/c1-3-22-18(21)10-23-17-5-4-16(6-12(17)2)24-11-13-7-14(19)9-15(20)8-13;1-3-13-11(12)7-14-10-5-4-9(15)6-8(10)2;8-4-5-1-6(9)3-7(10)2-5/h4-9H,3,10-11H2,1-2H3;4-6,15H,3,7H2,1-2H3;1-3H,4H2. The van der Waals surface area contributed by atoms with Crippen LogP contribution in [0.2, 0.25) is 0 Å². The van der Waals surface area contributed by atoms with E-state index in [4.69, 9.17) is 18.9 Å². The average molecular weight is 1030 g/mol. The van der Waals surface area contributed by atoms with Crippen molar-refractivity contribution in [3.8, 4) is 11.5 Å². The van der Waals surface area contributed by atoms with Crippen LogP contribution in [0.25, 0.3) is 0 Å². The molecular formula is C36H37Br5O6S2. The van der Waals surface area contributed by atoms with Crippen LogP contribution < -0.4 is 9.47 Å². The highest BCUT2D eigenvalue weighted by molar-refractivity contribution is 9.11. The second-order valence-corrected chi connectivity index (χ2v) is 15.8. The molecule has 0 heterocycles. The van der Waals surface area contributed by atoms with E-state index in [2.05, 4.69) is 123 Å². The zero-order valence-corrected chi connectivity index (χ0v) is 37.0. The number of hydrogen-bond donors (Lipinski definition) is 1. The number of carbonyl (C=O) groups excluding carboxylic acids is 2. The van der Waals surface area contributed by atoms with Crippen molar-refractivity contribution in [1.29, 1.82) is 0 Å². The molecule has 4 aromatic carbocycles. The minimum atomic E-state index is -0.355. The molecule has 0 saturated heterocycles. The molecule has 264 valence electrons. The predicted octanol–water partition coefficient (Wildman–Crippen LogP) is 12.1. The molecule has 4 aromatic rings. The molecule has 13 heteroatoms. The van der Waals surface area contributed by atoms with Crippen molar-refractivity contribution < 1.29 is 28.5 Å². The highest BCUT2D eigenvalue weighted by Crippen LogP contribution is 2.30. The summed E-state index contributed by atoms with van der Waals surface area (Å²) in [7, 11) is 0. The first kappa shape index (κ1) is 43.7. The van der Waals surface area contributed by atoms with Crippen molar-refractivity contribution in [2.75, 3.05) is 26.4 Å². The fourth-order valence-corrected chi connectivity index (χ4v) is 8.19. The number of rotatable bonds is 12. The van der Waals surface area contributed by atoms with Crippen LogP contribution in [0.3, 0.4) is 0 Å². The quantitative estimate of drug-likeness (QED) is 0.0656. The summed E-state index contributed by atoms with van der Waals surface area (Å²) < 4.78 is 24.7. The van der Waals surface area contributed by atoms with Gasteiger partial charge in [0.25, 0.3) is 0 Å². The lowest BCUT2D eigenvalue weighted by molar-refractivity contribution is -0.146. The summed E-state index contributed by atoms with van der Waals surface area (Å²) >= 11 is 23.2. The zero-order valence-electron chi connectivity index (χ0n) is 27.4. The molecule has 0 aliphatic heterocycles. The van der Waals surface area contributed by atoms with Crippen LogP contribution in [0.1, 0.15) is 36.1 Å². The van der Waals surface area contributed by atoms with Gasteiger partial charge in [-0.15, -0.1) is 24.4 Å². The monoisotopic (exact) mass is 1020 g/mol. The van der Waals surface area contributed by atoms with Crippen LogP contribution in [0.15, 0.2) is 100 Å². The molecule has 0 atom stereocenters. The Morgan fingerprint density at radius 3 is 1.53 bits per heavy atom. The van der Waals surface area contributed by atoms with E-state index in [-0.39, 0.29) is 25.2 Å². The number of ether oxygens (including phenoxy) is 4. The van der Waals surface area contributed by atoms with Gasteiger partial charge in [0.15, 0.2) is 13.2 Å². The first-order chi connectivity index (χ1) is 23.3. The molecule has 0 saturated carbocycles. The number of hydrogen-bond acceptors (Lipinski definition) is 8. The molecule has 0 bridgehead atoms. The molecule has 49 heavy (non-hydrogen) atoms. The Bertz CT molecular complexity index is 1630. The van der Waals surface area contributed by atoms with Crippen molar-refractivity contribution in [1.82, 2.24) is 0 Å². The lowest BCUT2D eigenvalue weighted by atomic mass is 10.2. The van der Waals surface area contributed by atoms with Gasteiger partial charge in [0.2, 0.25) is 0 Å². The lowest BCUT2D eigenvalue weighted by Crippen LogP contribution is -2.14. The Kier molecular flexibility index (Phi) is 21.3. The van der Waals surface area contributed by atoms with E-state index in [9.17, 15) is 9.59 Å². The van der Waals surface area contributed by atoms with Gasteiger partial charge in [-0.3, -0.25) is 0 Å². The molecule has 0 amide bonds. The Morgan fingerprint density at radius 1 is 0.653 bits per heavy atom. The van der Waals surface area contributed by atoms with Gasteiger partial charge < -0.3 is 18.9 Å². The number of alkyl halides is 1. The maximum absolute atomic E-state index is 11.3. The number of aryl methyl sites for hydroxylation is 2. The number of thioether (sulfide) groups is 1.